The lowest BCUT2D eigenvalue weighted by molar-refractivity contribution is -0.137. The number of carbonyl (C=O) groups excluding carboxylic acids is 1. The highest BCUT2D eigenvalue weighted by atomic mass is 16.2. The minimum atomic E-state index is 0. The Hall–Kier alpha value is -2.13. The van der Waals surface area contributed by atoms with E-state index in [1.54, 1.807) is 0 Å². The van der Waals surface area contributed by atoms with E-state index in [9.17, 15) is 4.79 Å². The molecule has 0 radical (unpaired) electrons. The number of piperazine rings is 1. The number of nitrogens with zero attached hydrogens (tertiary/aromatic N) is 2. The van der Waals surface area contributed by atoms with Crippen LogP contribution in [0.2, 0.25) is 0 Å². The van der Waals surface area contributed by atoms with Crippen LogP contribution in [0.1, 0.15) is 66.5 Å². The zero-order valence-corrected chi connectivity index (χ0v) is 19.3. The zero-order chi connectivity index (χ0) is 21.6. The van der Waals surface area contributed by atoms with Crippen LogP contribution in [0.5, 0.6) is 0 Å². The molecule has 3 rings (SSSR count). The van der Waals surface area contributed by atoms with Crippen LogP contribution in [0.25, 0.3) is 0 Å². The molecular weight excluding hydrogens is 368 g/mol. The van der Waals surface area contributed by atoms with Gasteiger partial charge in [-0.15, -0.1) is 0 Å². The van der Waals surface area contributed by atoms with Crippen molar-refractivity contribution in [3.63, 3.8) is 0 Å². The number of amides is 1. The minimum absolute atomic E-state index is 0. The Balaban J connectivity index is 0.00000159. The topological polar surface area (TPSA) is 23.6 Å². The van der Waals surface area contributed by atoms with E-state index >= 15 is 0 Å². The van der Waals surface area contributed by atoms with Crippen molar-refractivity contribution in [3.8, 4) is 0 Å². The van der Waals surface area contributed by atoms with Crippen molar-refractivity contribution in [1.82, 2.24) is 9.80 Å². The van der Waals surface area contributed by atoms with E-state index in [4.69, 9.17) is 0 Å². The largest absolute Gasteiger partial charge is 0.337 e. The minimum Gasteiger partial charge on any atom is -0.337 e. The summed E-state index contributed by atoms with van der Waals surface area (Å²) in [5.74, 6) is 0.280. The van der Waals surface area contributed by atoms with Crippen LogP contribution >= 0.6 is 0 Å². The maximum atomic E-state index is 12.7. The van der Waals surface area contributed by atoms with Gasteiger partial charge in [0.2, 0.25) is 5.91 Å². The lowest BCUT2D eigenvalue weighted by Gasteiger charge is -2.44. The Morgan fingerprint density at radius 1 is 0.800 bits per heavy atom. The Morgan fingerprint density at radius 3 is 1.83 bits per heavy atom. The normalized spacial score (nSPS) is 18.1. The van der Waals surface area contributed by atoms with Crippen LogP contribution in [-0.2, 0) is 17.8 Å². The van der Waals surface area contributed by atoms with Gasteiger partial charge in [-0.1, -0.05) is 95.8 Å². The first kappa shape index (κ1) is 27.9. The van der Waals surface area contributed by atoms with Crippen molar-refractivity contribution >= 4 is 5.91 Å². The molecule has 0 N–H and O–H groups in total. The van der Waals surface area contributed by atoms with Gasteiger partial charge >= 0.3 is 0 Å². The molecule has 3 heteroatoms. The van der Waals surface area contributed by atoms with Crippen LogP contribution < -0.4 is 0 Å². The van der Waals surface area contributed by atoms with E-state index in [2.05, 4.69) is 66.1 Å². The summed E-state index contributed by atoms with van der Waals surface area (Å²) in [6, 6.07) is 21.5. The Kier molecular flexibility index (Phi) is 14.6. The number of hydrogen-bond donors (Lipinski definition) is 0. The van der Waals surface area contributed by atoms with Gasteiger partial charge < -0.3 is 4.90 Å². The lowest BCUT2D eigenvalue weighted by atomic mass is 10.0. The smallest absolute Gasteiger partial charge is 0.223 e. The van der Waals surface area contributed by atoms with Gasteiger partial charge in [0.1, 0.15) is 0 Å². The predicted octanol–water partition coefficient (Wildman–Crippen LogP) is 6.43. The first-order valence-corrected chi connectivity index (χ1v) is 11.2. The first-order valence-electron chi connectivity index (χ1n) is 11.2. The average molecular weight is 413 g/mol. The molecule has 0 saturated carbocycles. The first-order chi connectivity index (χ1) is 14.1. The van der Waals surface area contributed by atoms with E-state index in [0.29, 0.717) is 12.5 Å². The van der Waals surface area contributed by atoms with Gasteiger partial charge in [0.15, 0.2) is 0 Å². The molecule has 0 aromatic heterocycles. The fourth-order valence-electron chi connectivity index (χ4n) is 3.62. The number of carbonyl (C=O) groups is 1. The summed E-state index contributed by atoms with van der Waals surface area (Å²) in [6.07, 6.45) is 1.42. The van der Waals surface area contributed by atoms with Crippen molar-refractivity contribution in [3.05, 3.63) is 71.8 Å². The quantitative estimate of drug-likeness (QED) is 0.565. The molecule has 168 valence electrons. The monoisotopic (exact) mass is 412 g/mol. The fourth-order valence-corrected chi connectivity index (χ4v) is 3.62. The summed E-state index contributed by atoms with van der Waals surface area (Å²) in [4.78, 5) is 17.3. The van der Waals surface area contributed by atoms with Gasteiger partial charge in [-0.05, 0) is 31.4 Å². The van der Waals surface area contributed by atoms with Gasteiger partial charge in [0.05, 0.1) is 0 Å². The molecule has 1 saturated heterocycles. The van der Waals surface area contributed by atoms with Crippen LogP contribution in [0.15, 0.2) is 60.7 Å². The van der Waals surface area contributed by atoms with Crippen molar-refractivity contribution in [2.24, 2.45) is 0 Å². The summed E-state index contributed by atoms with van der Waals surface area (Å²) in [6.45, 7) is 15.1. The summed E-state index contributed by atoms with van der Waals surface area (Å²) >= 11 is 0. The molecule has 2 aromatic rings. The second-order valence-electron chi connectivity index (χ2n) is 7.14. The molecule has 0 bridgehead atoms. The third kappa shape index (κ3) is 8.71. The Bertz CT molecular complexity index is 672. The van der Waals surface area contributed by atoms with Crippen molar-refractivity contribution < 1.29 is 4.79 Å². The molecule has 1 fully saturated rings. The predicted molar refractivity (Wildman–Crippen MR) is 132 cm³/mol. The van der Waals surface area contributed by atoms with E-state index in [0.717, 1.165) is 26.1 Å². The molecule has 1 aliphatic rings. The standard InChI is InChI=1S/C22H28N2O.2C2H6.CH4/c1-18-16-24(22(25)14-13-20-9-5-3-6-10-20)19(2)15-23(18)17-21-11-7-4-8-12-21;2*1-2;/h3-12,18-19H,13-17H2,1-2H3;2*1-2H3;1H4. The zero-order valence-electron chi connectivity index (χ0n) is 19.3. The molecule has 2 atom stereocenters. The molecule has 2 aromatic carbocycles. The highest BCUT2D eigenvalue weighted by Gasteiger charge is 2.31. The van der Waals surface area contributed by atoms with E-state index in [1.807, 2.05) is 45.9 Å². The van der Waals surface area contributed by atoms with Gasteiger partial charge in [0.25, 0.3) is 0 Å². The SMILES string of the molecule is C.CC.CC.CC1CN(C(=O)CCc2ccccc2)C(C)CN1Cc1ccccc1. The second kappa shape index (κ2) is 15.7. The summed E-state index contributed by atoms with van der Waals surface area (Å²) in [7, 11) is 0. The van der Waals surface area contributed by atoms with Gasteiger partial charge in [-0.3, -0.25) is 9.69 Å². The second-order valence-corrected chi connectivity index (χ2v) is 7.14. The highest BCUT2D eigenvalue weighted by molar-refractivity contribution is 5.77. The van der Waals surface area contributed by atoms with Crippen LogP contribution in [0.4, 0.5) is 0 Å². The molecule has 0 aliphatic carbocycles. The molecule has 1 heterocycles. The van der Waals surface area contributed by atoms with Gasteiger partial charge in [-0.25, -0.2) is 0 Å². The Morgan fingerprint density at radius 2 is 1.30 bits per heavy atom. The number of rotatable bonds is 5. The maximum Gasteiger partial charge on any atom is 0.223 e. The van der Waals surface area contributed by atoms with Gasteiger partial charge in [0, 0.05) is 38.1 Å². The van der Waals surface area contributed by atoms with Gasteiger partial charge in [-0.2, -0.15) is 0 Å². The van der Waals surface area contributed by atoms with Crippen molar-refractivity contribution in [1.29, 1.82) is 0 Å². The number of benzene rings is 2. The lowest BCUT2D eigenvalue weighted by Crippen LogP contribution is -2.57. The molecule has 1 aliphatic heterocycles. The van der Waals surface area contributed by atoms with Crippen LogP contribution in [0, 0.1) is 0 Å². The average Bonchev–Trinajstić information content (AvgIpc) is 2.78. The fraction of sp³-hybridized carbons (Fsp3) is 0.519. The van der Waals surface area contributed by atoms with E-state index in [1.165, 1.54) is 11.1 Å². The highest BCUT2D eigenvalue weighted by Crippen LogP contribution is 2.19. The molecule has 1 amide bonds. The number of hydrogen-bond acceptors (Lipinski definition) is 2. The third-order valence-electron chi connectivity index (χ3n) is 5.13. The van der Waals surface area contributed by atoms with Crippen molar-refractivity contribution in [2.75, 3.05) is 13.1 Å². The molecule has 0 spiro atoms. The number of aryl methyl sites for hydroxylation is 1. The summed E-state index contributed by atoms with van der Waals surface area (Å²) < 4.78 is 0. The van der Waals surface area contributed by atoms with E-state index < -0.39 is 0 Å². The van der Waals surface area contributed by atoms with Crippen molar-refractivity contribution in [2.45, 2.75) is 80.4 Å². The molecule has 30 heavy (non-hydrogen) atoms. The van der Waals surface area contributed by atoms with Crippen LogP contribution in [-0.4, -0.2) is 40.9 Å². The summed E-state index contributed by atoms with van der Waals surface area (Å²) in [5, 5.41) is 0. The molecular formula is C27H44N2O. The molecule has 2 unspecified atom stereocenters. The van der Waals surface area contributed by atoms with Crippen LogP contribution in [0.3, 0.4) is 0 Å². The maximum absolute atomic E-state index is 12.7. The third-order valence-corrected chi connectivity index (χ3v) is 5.13. The summed E-state index contributed by atoms with van der Waals surface area (Å²) in [5.41, 5.74) is 2.57. The molecule has 3 nitrogen and oxygen atoms in total. The Labute approximate surface area is 186 Å². The van der Waals surface area contributed by atoms with E-state index in [-0.39, 0.29) is 19.4 Å².